The molecular formula is C33H40O4. The molecule has 196 valence electrons. The number of hydrogen-bond donors (Lipinski definition) is 1. The van der Waals surface area contributed by atoms with E-state index >= 15 is 0 Å². The lowest BCUT2D eigenvalue weighted by atomic mass is 9.55. The molecule has 3 saturated carbocycles. The Hall–Kier alpha value is -2.27. The van der Waals surface area contributed by atoms with Gasteiger partial charge in [0.15, 0.2) is 0 Å². The smallest absolute Gasteiger partial charge is 0.139 e. The zero-order valence-corrected chi connectivity index (χ0v) is 22.4. The number of ketones is 1. The number of ether oxygens (including phenoxy) is 2. The van der Waals surface area contributed by atoms with E-state index in [4.69, 9.17) is 9.47 Å². The summed E-state index contributed by atoms with van der Waals surface area (Å²) in [7, 11) is 0. The van der Waals surface area contributed by atoms with Crippen LogP contribution in [0.15, 0.2) is 71.8 Å². The van der Waals surface area contributed by atoms with E-state index in [1.165, 1.54) is 5.57 Å². The molecule has 0 aliphatic heterocycles. The van der Waals surface area contributed by atoms with Crippen molar-refractivity contribution in [2.24, 2.45) is 22.2 Å². The molecular weight excluding hydrogens is 460 g/mol. The van der Waals surface area contributed by atoms with Crippen molar-refractivity contribution in [1.82, 2.24) is 0 Å². The van der Waals surface area contributed by atoms with E-state index < -0.39 is 6.10 Å². The fourth-order valence-electron chi connectivity index (χ4n) is 8.28. The van der Waals surface area contributed by atoms with Crippen LogP contribution in [0.5, 0.6) is 0 Å². The quantitative estimate of drug-likeness (QED) is 0.466. The Balaban J connectivity index is 1.47. The molecule has 2 bridgehead atoms. The molecule has 4 nitrogen and oxygen atoms in total. The molecule has 37 heavy (non-hydrogen) atoms. The molecule has 3 fully saturated rings. The molecule has 1 N–H and O–H groups in total. The van der Waals surface area contributed by atoms with E-state index in [0.717, 1.165) is 42.4 Å². The summed E-state index contributed by atoms with van der Waals surface area (Å²) in [5, 5.41) is 11.2. The number of aliphatic hydroxyl groups is 1. The maximum Gasteiger partial charge on any atom is 0.139 e. The van der Waals surface area contributed by atoms with E-state index in [2.05, 4.69) is 45.0 Å². The summed E-state index contributed by atoms with van der Waals surface area (Å²) < 4.78 is 13.9. The van der Waals surface area contributed by atoms with Crippen molar-refractivity contribution in [2.75, 3.05) is 0 Å². The minimum Gasteiger partial charge on any atom is -0.389 e. The summed E-state index contributed by atoms with van der Waals surface area (Å²) in [6.45, 7) is 7.64. The van der Waals surface area contributed by atoms with E-state index in [-0.39, 0.29) is 34.4 Å². The van der Waals surface area contributed by atoms with Gasteiger partial charge >= 0.3 is 0 Å². The number of benzene rings is 2. The average Bonchev–Trinajstić information content (AvgIpc) is 3.57. The number of carbonyl (C=O) groups is 1. The van der Waals surface area contributed by atoms with Crippen LogP contribution in [-0.2, 0) is 27.5 Å². The van der Waals surface area contributed by atoms with E-state index in [9.17, 15) is 9.90 Å². The van der Waals surface area contributed by atoms with Crippen LogP contribution < -0.4 is 0 Å². The van der Waals surface area contributed by atoms with Crippen LogP contribution in [0, 0.1) is 22.2 Å². The van der Waals surface area contributed by atoms with Gasteiger partial charge < -0.3 is 14.6 Å². The fraction of sp³-hybridized carbons (Fsp3) is 0.545. The van der Waals surface area contributed by atoms with Gasteiger partial charge in [-0.1, -0.05) is 74.5 Å². The Morgan fingerprint density at radius 3 is 2.22 bits per heavy atom. The first-order chi connectivity index (χ1) is 17.8. The molecule has 0 spiro atoms. The number of aliphatic hydroxyl groups excluding tert-OH is 1. The van der Waals surface area contributed by atoms with Crippen LogP contribution in [0.3, 0.4) is 0 Å². The third-order valence-electron chi connectivity index (χ3n) is 10.4. The zero-order chi connectivity index (χ0) is 25.8. The molecule has 2 aromatic rings. The lowest BCUT2D eigenvalue weighted by Crippen LogP contribution is -2.54. The number of Topliss-reactive ketones (excluding diaryl/α,β-unsaturated/α-hetero) is 1. The second-order valence-electron chi connectivity index (χ2n) is 12.6. The summed E-state index contributed by atoms with van der Waals surface area (Å²) >= 11 is 0. The van der Waals surface area contributed by atoms with Crippen LogP contribution in [0.4, 0.5) is 0 Å². The molecule has 4 heteroatoms. The minimum absolute atomic E-state index is 0.193. The van der Waals surface area contributed by atoms with Crippen molar-refractivity contribution in [3.05, 3.63) is 82.9 Å². The first kappa shape index (κ1) is 25.0. The molecule has 0 amide bonds. The Morgan fingerprint density at radius 1 is 0.946 bits per heavy atom. The second-order valence-corrected chi connectivity index (χ2v) is 12.6. The van der Waals surface area contributed by atoms with Crippen molar-refractivity contribution in [1.29, 1.82) is 0 Å². The summed E-state index contributed by atoms with van der Waals surface area (Å²) in [5.41, 5.74) is 3.73. The molecule has 4 aliphatic carbocycles. The monoisotopic (exact) mass is 500 g/mol. The van der Waals surface area contributed by atoms with Gasteiger partial charge in [-0.2, -0.15) is 0 Å². The van der Waals surface area contributed by atoms with Gasteiger partial charge in [0.2, 0.25) is 0 Å². The number of carbonyl (C=O) groups excluding carboxylic acids is 1. The molecule has 6 atom stereocenters. The first-order valence-electron chi connectivity index (χ1n) is 14.0. The molecule has 2 aromatic carbocycles. The normalized spacial score (nSPS) is 36.3. The topological polar surface area (TPSA) is 55.8 Å². The van der Waals surface area contributed by atoms with E-state index in [1.807, 2.05) is 36.4 Å². The molecule has 4 aliphatic rings. The fourth-order valence-corrected chi connectivity index (χ4v) is 8.28. The van der Waals surface area contributed by atoms with Crippen LogP contribution in [-0.4, -0.2) is 29.2 Å². The summed E-state index contributed by atoms with van der Waals surface area (Å²) in [5.74, 6) is 0.650. The van der Waals surface area contributed by atoms with Gasteiger partial charge in [-0.05, 0) is 72.6 Å². The number of fused-ring (bicyclic) bond motifs is 2. The first-order valence-corrected chi connectivity index (χ1v) is 14.0. The predicted molar refractivity (Wildman–Crippen MR) is 144 cm³/mol. The summed E-state index contributed by atoms with van der Waals surface area (Å²) in [6, 6.07) is 20.6. The van der Waals surface area contributed by atoms with Crippen molar-refractivity contribution >= 4 is 5.78 Å². The summed E-state index contributed by atoms with van der Waals surface area (Å²) in [6.07, 6.45) is 3.99. The number of rotatable bonds is 6. The zero-order valence-electron chi connectivity index (χ0n) is 22.4. The highest BCUT2D eigenvalue weighted by atomic mass is 16.5. The van der Waals surface area contributed by atoms with Crippen molar-refractivity contribution in [2.45, 2.75) is 90.8 Å². The van der Waals surface area contributed by atoms with Crippen molar-refractivity contribution in [3.63, 3.8) is 0 Å². The van der Waals surface area contributed by atoms with E-state index in [1.54, 1.807) is 0 Å². The molecule has 6 rings (SSSR count). The Kier molecular flexibility index (Phi) is 6.21. The molecule has 0 heterocycles. The van der Waals surface area contributed by atoms with Gasteiger partial charge in [0.1, 0.15) is 11.9 Å². The summed E-state index contributed by atoms with van der Waals surface area (Å²) in [4.78, 5) is 13.7. The lowest BCUT2D eigenvalue weighted by molar-refractivity contribution is -0.151. The SMILES string of the molecule is CC1=C2[C@@H](OCc3ccccc3)[C@H](OCc3ccccc3)[C@]34CCCC(=O)[C@@]3(C[C@H](C[C@@H]1O)C2(C)C)C4. The number of hydrogen-bond acceptors (Lipinski definition) is 4. The van der Waals surface area contributed by atoms with Gasteiger partial charge in [0.05, 0.1) is 25.4 Å². The Bertz CT molecular complexity index is 1190. The van der Waals surface area contributed by atoms with Gasteiger partial charge in [0, 0.05) is 17.3 Å². The maximum atomic E-state index is 13.7. The van der Waals surface area contributed by atoms with Crippen LogP contribution in [0.25, 0.3) is 0 Å². The average molecular weight is 501 g/mol. The molecule has 0 unspecified atom stereocenters. The molecule has 0 saturated heterocycles. The van der Waals surface area contributed by atoms with Gasteiger partial charge in [-0.25, -0.2) is 0 Å². The predicted octanol–water partition coefficient (Wildman–Crippen LogP) is 6.41. The van der Waals surface area contributed by atoms with Crippen LogP contribution >= 0.6 is 0 Å². The largest absolute Gasteiger partial charge is 0.389 e. The third-order valence-corrected chi connectivity index (χ3v) is 10.4. The van der Waals surface area contributed by atoms with Crippen LogP contribution in [0.1, 0.15) is 70.4 Å². The highest BCUT2D eigenvalue weighted by molar-refractivity contribution is 5.90. The third kappa shape index (κ3) is 3.95. The van der Waals surface area contributed by atoms with Crippen molar-refractivity contribution < 1.29 is 19.4 Å². The van der Waals surface area contributed by atoms with Crippen molar-refractivity contribution in [3.8, 4) is 0 Å². The minimum atomic E-state index is -0.507. The van der Waals surface area contributed by atoms with Gasteiger partial charge in [0.25, 0.3) is 0 Å². The highest BCUT2D eigenvalue weighted by Gasteiger charge is 2.78. The van der Waals surface area contributed by atoms with Gasteiger partial charge in [-0.3, -0.25) is 4.79 Å². The van der Waals surface area contributed by atoms with E-state index in [0.29, 0.717) is 31.8 Å². The maximum absolute atomic E-state index is 13.7. The molecule has 0 aromatic heterocycles. The van der Waals surface area contributed by atoms with Gasteiger partial charge in [-0.15, -0.1) is 0 Å². The Morgan fingerprint density at radius 2 is 1.57 bits per heavy atom. The highest BCUT2D eigenvalue weighted by Crippen LogP contribution is 2.77. The standard InChI is InChI=1S/C33H40O4/c1-22-26(34)17-25-18-33-21-32(33,16-10-15-27(33)35)30(37-20-24-13-8-5-9-14-24)29(28(22)31(25,2)3)36-19-23-11-6-4-7-12-23/h4-9,11-14,25-26,29-30,34H,10,15-21H2,1-3H3/t25-,26-,29+,30-,32+,33+/m0/s1. The van der Waals surface area contributed by atoms with Crippen LogP contribution in [0.2, 0.25) is 0 Å². The Labute approximate surface area is 221 Å². The molecule has 0 radical (unpaired) electrons. The second kappa shape index (κ2) is 9.18. The lowest BCUT2D eigenvalue weighted by Gasteiger charge is -2.53.